The zero-order valence-electron chi connectivity index (χ0n) is 21.6. The molecule has 0 unspecified atom stereocenters. The van der Waals surface area contributed by atoms with Gasteiger partial charge in [0.05, 0.1) is 47.0 Å². The number of aliphatic carboxylic acids is 2. The monoisotopic (exact) mass is 587 g/mol. The number of ether oxygens (including phenoxy) is 4. The van der Waals surface area contributed by atoms with E-state index in [-0.39, 0.29) is 56.3 Å². The first kappa shape index (κ1) is 28.8. The van der Waals surface area contributed by atoms with E-state index in [9.17, 15) is 19.2 Å². The van der Waals surface area contributed by atoms with Crippen molar-refractivity contribution in [2.24, 2.45) is 0 Å². The van der Waals surface area contributed by atoms with Gasteiger partial charge < -0.3 is 29.2 Å². The second-order valence-electron chi connectivity index (χ2n) is 8.47. The number of methoxy groups -OCH3 is 2. The quantitative estimate of drug-likeness (QED) is 0.141. The van der Waals surface area contributed by atoms with Crippen molar-refractivity contribution in [2.75, 3.05) is 27.4 Å². The Bertz CT molecular complexity index is 1470. The summed E-state index contributed by atoms with van der Waals surface area (Å²) in [5, 5.41) is 18.4. The summed E-state index contributed by atoms with van der Waals surface area (Å²) in [4.78, 5) is 51.5. The van der Waals surface area contributed by atoms with Gasteiger partial charge in [0.1, 0.15) is 13.2 Å². The first-order chi connectivity index (χ1) is 19.2. The number of hydrogen-bond donors (Lipinski definition) is 2. The lowest BCUT2D eigenvalue weighted by molar-refractivity contribution is -0.137. The van der Waals surface area contributed by atoms with Crippen molar-refractivity contribution in [1.29, 1.82) is 0 Å². The summed E-state index contributed by atoms with van der Waals surface area (Å²) < 4.78 is 24.0. The molecule has 4 aromatic rings. The number of carboxylic acids is 2. The lowest BCUT2D eigenvalue weighted by atomic mass is 10.1. The number of thiophene rings is 2. The van der Waals surface area contributed by atoms with E-state index in [0.717, 1.165) is 10.1 Å². The molecule has 13 heteroatoms. The highest BCUT2D eigenvalue weighted by atomic mass is 32.1. The molecule has 40 heavy (non-hydrogen) atoms. The Hall–Kier alpha value is -4.23. The van der Waals surface area contributed by atoms with E-state index < -0.39 is 11.9 Å². The van der Waals surface area contributed by atoms with E-state index in [0.29, 0.717) is 37.2 Å². The molecule has 0 aliphatic heterocycles. The van der Waals surface area contributed by atoms with Crippen LogP contribution in [0.3, 0.4) is 0 Å². The minimum absolute atomic E-state index is 0.0724. The minimum Gasteiger partial charge on any atom is -0.493 e. The molecular weight excluding hydrogens is 562 g/mol. The zero-order valence-corrected chi connectivity index (χ0v) is 23.2. The van der Waals surface area contributed by atoms with Crippen LogP contribution in [-0.4, -0.2) is 66.1 Å². The van der Waals surface area contributed by atoms with E-state index in [1.807, 2.05) is 0 Å². The zero-order chi connectivity index (χ0) is 28.8. The number of Topliss-reactive ketones (excluding diaryl/α,β-unsaturated/α-hetero) is 2. The molecule has 210 valence electrons. The van der Waals surface area contributed by atoms with Gasteiger partial charge in [0.15, 0.2) is 28.8 Å². The Morgan fingerprint density at radius 2 is 1.27 bits per heavy atom. The van der Waals surface area contributed by atoms with Crippen LogP contribution in [0, 0.1) is 0 Å². The van der Waals surface area contributed by atoms with Gasteiger partial charge in [-0.15, -0.1) is 22.7 Å². The van der Waals surface area contributed by atoms with Gasteiger partial charge in [0.2, 0.25) is 0 Å². The fourth-order valence-electron chi connectivity index (χ4n) is 3.75. The van der Waals surface area contributed by atoms with E-state index in [1.165, 1.54) is 36.9 Å². The van der Waals surface area contributed by atoms with Crippen molar-refractivity contribution in [3.05, 3.63) is 40.1 Å². The Balaban J connectivity index is 1.42. The van der Waals surface area contributed by atoms with Crippen LogP contribution in [0.15, 0.2) is 30.3 Å². The molecular formula is C27H25NO10S2. The van der Waals surface area contributed by atoms with Crippen LogP contribution >= 0.6 is 22.7 Å². The molecule has 2 N–H and O–H groups in total. The molecule has 0 atom stereocenters. The molecule has 0 aliphatic rings. The summed E-state index contributed by atoms with van der Waals surface area (Å²) in [5.41, 5.74) is 0.527. The predicted octanol–water partition coefficient (Wildman–Crippen LogP) is 5.08. The molecule has 0 saturated heterocycles. The minimum atomic E-state index is -1.03. The Morgan fingerprint density at radius 3 is 1.90 bits per heavy atom. The Morgan fingerprint density at radius 1 is 0.700 bits per heavy atom. The second kappa shape index (κ2) is 12.7. The van der Waals surface area contributed by atoms with Crippen LogP contribution in [0.1, 0.15) is 45.0 Å². The highest BCUT2D eigenvalue weighted by Crippen LogP contribution is 2.37. The van der Waals surface area contributed by atoms with Crippen LogP contribution in [0.4, 0.5) is 0 Å². The Labute approximate surface area is 235 Å². The predicted molar refractivity (Wildman–Crippen MR) is 148 cm³/mol. The molecule has 0 radical (unpaired) electrons. The molecule has 0 amide bonds. The molecule has 0 aliphatic carbocycles. The standard InChI is InChI=1S/C27H25NO10S2/c1-35-18-12-21-14(10-23(39-21)16(29)3-5-25(31)32)9-19(18)37-7-8-38-27-20(36-2)13-22-15(28-27)11-24(40-22)17(30)4-6-26(33)34/h9-13H,3-8H2,1-2H3,(H,31,32)(H,33,34). The Kier molecular flexibility index (Phi) is 9.17. The van der Waals surface area contributed by atoms with Gasteiger partial charge in [-0.2, -0.15) is 0 Å². The molecule has 3 heterocycles. The summed E-state index contributed by atoms with van der Waals surface area (Å²) in [7, 11) is 2.98. The molecule has 3 aromatic heterocycles. The second-order valence-corrected chi connectivity index (χ2v) is 10.6. The van der Waals surface area contributed by atoms with Gasteiger partial charge in [-0.05, 0) is 23.6 Å². The summed E-state index contributed by atoms with van der Waals surface area (Å²) >= 11 is 2.47. The molecule has 1 aromatic carbocycles. The average molecular weight is 588 g/mol. The summed E-state index contributed by atoms with van der Waals surface area (Å²) in [5.74, 6) is -1.07. The number of aromatic nitrogens is 1. The average Bonchev–Trinajstić information content (AvgIpc) is 3.55. The number of carbonyl (C=O) groups excluding carboxylic acids is 2. The van der Waals surface area contributed by atoms with E-state index >= 15 is 0 Å². The topological polar surface area (TPSA) is 159 Å². The maximum atomic E-state index is 12.3. The van der Waals surface area contributed by atoms with Crippen molar-refractivity contribution < 1.29 is 48.3 Å². The third-order valence-electron chi connectivity index (χ3n) is 5.72. The van der Waals surface area contributed by atoms with E-state index in [1.54, 1.807) is 30.3 Å². The molecule has 11 nitrogen and oxygen atoms in total. The van der Waals surface area contributed by atoms with Gasteiger partial charge in [0, 0.05) is 29.7 Å². The first-order valence-electron chi connectivity index (χ1n) is 12.0. The number of pyridine rings is 1. The SMILES string of the molecule is COc1cc2sc(C(=O)CCC(=O)O)cc2cc1OCCOc1nc2cc(C(=O)CCC(=O)O)sc2cc1OC. The van der Waals surface area contributed by atoms with Gasteiger partial charge in [-0.3, -0.25) is 19.2 Å². The number of benzene rings is 1. The molecule has 0 saturated carbocycles. The number of hydrogen-bond acceptors (Lipinski definition) is 11. The van der Waals surface area contributed by atoms with Crippen LogP contribution in [0.5, 0.6) is 23.1 Å². The maximum Gasteiger partial charge on any atom is 0.303 e. The summed E-state index contributed by atoms with van der Waals surface area (Å²) in [6.07, 6.45) is -0.635. The van der Waals surface area contributed by atoms with Crippen molar-refractivity contribution in [2.45, 2.75) is 25.7 Å². The molecule has 0 fully saturated rings. The number of rotatable bonds is 15. The lowest BCUT2D eigenvalue weighted by Gasteiger charge is -2.12. The van der Waals surface area contributed by atoms with Crippen LogP contribution < -0.4 is 18.9 Å². The van der Waals surface area contributed by atoms with Crippen molar-refractivity contribution in [3.8, 4) is 23.1 Å². The molecule has 0 spiro atoms. The fourth-order valence-corrected chi connectivity index (χ4v) is 5.79. The van der Waals surface area contributed by atoms with E-state index in [4.69, 9.17) is 29.2 Å². The van der Waals surface area contributed by atoms with Crippen LogP contribution in [-0.2, 0) is 9.59 Å². The van der Waals surface area contributed by atoms with Gasteiger partial charge in [-0.25, -0.2) is 4.98 Å². The van der Waals surface area contributed by atoms with Gasteiger partial charge >= 0.3 is 11.9 Å². The highest BCUT2D eigenvalue weighted by molar-refractivity contribution is 7.21. The summed E-state index contributed by atoms with van der Waals surface area (Å²) in [6.45, 7) is 0.231. The highest BCUT2D eigenvalue weighted by Gasteiger charge is 2.18. The lowest BCUT2D eigenvalue weighted by Crippen LogP contribution is -2.11. The molecule has 0 bridgehead atoms. The smallest absolute Gasteiger partial charge is 0.303 e. The van der Waals surface area contributed by atoms with E-state index in [2.05, 4.69) is 4.98 Å². The summed E-state index contributed by atoms with van der Waals surface area (Å²) in [6, 6.07) is 8.53. The van der Waals surface area contributed by atoms with Gasteiger partial charge in [-0.1, -0.05) is 0 Å². The number of ketones is 2. The number of carboxylic acid groups (broad SMARTS) is 2. The number of nitrogens with zero attached hydrogens (tertiary/aromatic N) is 1. The van der Waals surface area contributed by atoms with Crippen molar-refractivity contribution >= 4 is 66.5 Å². The normalized spacial score (nSPS) is 10.9. The number of carbonyl (C=O) groups is 4. The fraction of sp³-hybridized carbons (Fsp3) is 0.296. The van der Waals surface area contributed by atoms with Crippen molar-refractivity contribution in [3.63, 3.8) is 0 Å². The largest absolute Gasteiger partial charge is 0.493 e. The van der Waals surface area contributed by atoms with Crippen molar-refractivity contribution in [1.82, 2.24) is 4.98 Å². The third-order valence-corrected chi connectivity index (χ3v) is 7.97. The van der Waals surface area contributed by atoms with Crippen LogP contribution in [0.2, 0.25) is 0 Å². The van der Waals surface area contributed by atoms with Crippen LogP contribution in [0.25, 0.3) is 20.3 Å². The number of fused-ring (bicyclic) bond motifs is 2. The maximum absolute atomic E-state index is 12.3. The molecule has 4 rings (SSSR count). The first-order valence-corrected chi connectivity index (χ1v) is 13.7. The third kappa shape index (κ3) is 6.85. The van der Waals surface area contributed by atoms with Gasteiger partial charge in [0.25, 0.3) is 5.88 Å².